The summed E-state index contributed by atoms with van der Waals surface area (Å²) in [4.78, 5) is 30.1. The molecule has 28 heavy (non-hydrogen) atoms. The second-order valence-electron chi connectivity index (χ2n) is 7.14. The molecular weight excluding hydrogens is 370 g/mol. The Morgan fingerprint density at radius 3 is 2.46 bits per heavy atom. The van der Waals surface area contributed by atoms with Crippen molar-refractivity contribution in [3.05, 3.63) is 70.0 Å². The van der Waals surface area contributed by atoms with Crippen molar-refractivity contribution >= 4 is 28.6 Å². The summed E-state index contributed by atoms with van der Waals surface area (Å²) in [7, 11) is 0. The molecular formula is C22H25N3O2S. The molecule has 3 rings (SSSR count). The molecule has 1 atom stereocenters. The van der Waals surface area contributed by atoms with Crippen LogP contribution in [-0.2, 0) is 11.3 Å². The van der Waals surface area contributed by atoms with E-state index in [9.17, 15) is 9.59 Å². The SMILES string of the molecule is Cc1ccc(CNC(=O)[C@@H](C)Sc2nc3ccccc3c(=O)n2C(C)C)cc1. The van der Waals surface area contributed by atoms with Crippen LogP contribution in [0.4, 0.5) is 0 Å². The molecule has 0 spiro atoms. The van der Waals surface area contributed by atoms with Gasteiger partial charge in [-0.15, -0.1) is 0 Å². The predicted molar refractivity (Wildman–Crippen MR) is 115 cm³/mol. The Balaban J connectivity index is 1.79. The topological polar surface area (TPSA) is 64.0 Å². The maximum atomic E-state index is 12.9. The van der Waals surface area contributed by atoms with Crippen LogP contribution in [0.25, 0.3) is 10.9 Å². The number of nitrogens with zero attached hydrogens (tertiary/aromatic N) is 2. The molecule has 5 nitrogen and oxygen atoms in total. The number of rotatable bonds is 6. The summed E-state index contributed by atoms with van der Waals surface area (Å²) in [5, 5.41) is 3.75. The Kier molecular flexibility index (Phi) is 6.19. The molecule has 2 aromatic carbocycles. The van der Waals surface area contributed by atoms with Crippen LogP contribution in [0.5, 0.6) is 0 Å². The third kappa shape index (κ3) is 4.44. The summed E-state index contributed by atoms with van der Waals surface area (Å²) in [5.41, 5.74) is 2.82. The van der Waals surface area contributed by atoms with Crippen molar-refractivity contribution in [1.82, 2.24) is 14.9 Å². The molecule has 0 aliphatic carbocycles. The Labute approximate surface area is 169 Å². The summed E-state index contributed by atoms with van der Waals surface area (Å²) in [6.45, 7) is 8.24. The van der Waals surface area contributed by atoms with Crippen molar-refractivity contribution < 1.29 is 4.79 Å². The zero-order chi connectivity index (χ0) is 20.3. The van der Waals surface area contributed by atoms with Gasteiger partial charge in [0.05, 0.1) is 16.2 Å². The van der Waals surface area contributed by atoms with E-state index in [4.69, 9.17) is 0 Å². The molecule has 1 heterocycles. The zero-order valence-electron chi connectivity index (χ0n) is 16.6. The van der Waals surface area contributed by atoms with Gasteiger partial charge in [0.25, 0.3) is 5.56 Å². The Morgan fingerprint density at radius 2 is 1.79 bits per heavy atom. The van der Waals surface area contributed by atoms with Crippen LogP contribution in [-0.4, -0.2) is 20.7 Å². The average molecular weight is 396 g/mol. The third-order valence-electron chi connectivity index (χ3n) is 4.53. The standard InChI is InChI=1S/C22H25N3O2S/c1-14(2)25-21(27)18-7-5-6-8-19(18)24-22(25)28-16(4)20(26)23-13-17-11-9-15(3)10-12-17/h5-12,14,16H,13H2,1-4H3,(H,23,26)/t16-/m1/s1. The first kappa shape index (κ1) is 20.1. The van der Waals surface area contributed by atoms with Gasteiger partial charge in [0, 0.05) is 12.6 Å². The van der Waals surface area contributed by atoms with Gasteiger partial charge in [-0.3, -0.25) is 14.2 Å². The molecule has 0 unspecified atom stereocenters. The number of carbonyl (C=O) groups is 1. The molecule has 0 bridgehead atoms. The molecule has 1 amide bonds. The van der Waals surface area contributed by atoms with E-state index in [1.54, 1.807) is 10.6 Å². The van der Waals surface area contributed by atoms with Gasteiger partial charge in [-0.25, -0.2) is 4.98 Å². The lowest BCUT2D eigenvalue weighted by atomic mass is 10.1. The highest BCUT2D eigenvalue weighted by atomic mass is 32.2. The van der Waals surface area contributed by atoms with Crippen molar-refractivity contribution in [2.45, 2.75) is 50.7 Å². The second-order valence-corrected chi connectivity index (χ2v) is 8.45. The van der Waals surface area contributed by atoms with E-state index in [0.717, 1.165) is 5.56 Å². The quantitative estimate of drug-likeness (QED) is 0.504. The normalized spacial score (nSPS) is 12.3. The van der Waals surface area contributed by atoms with Crippen LogP contribution < -0.4 is 10.9 Å². The van der Waals surface area contributed by atoms with Crippen molar-refractivity contribution in [2.75, 3.05) is 0 Å². The lowest BCUT2D eigenvalue weighted by Gasteiger charge is -2.18. The fraction of sp³-hybridized carbons (Fsp3) is 0.318. The molecule has 0 saturated heterocycles. The molecule has 6 heteroatoms. The number of nitrogens with one attached hydrogen (secondary N) is 1. The van der Waals surface area contributed by atoms with Crippen LogP contribution in [0.1, 0.15) is 37.9 Å². The number of hydrogen-bond acceptors (Lipinski definition) is 4. The smallest absolute Gasteiger partial charge is 0.262 e. The minimum atomic E-state index is -0.372. The molecule has 0 aliphatic heterocycles. The van der Waals surface area contributed by atoms with Crippen molar-refractivity contribution in [3.8, 4) is 0 Å². The molecule has 0 fully saturated rings. The molecule has 1 aromatic heterocycles. The maximum Gasteiger partial charge on any atom is 0.262 e. The Morgan fingerprint density at radius 1 is 1.11 bits per heavy atom. The average Bonchev–Trinajstić information content (AvgIpc) is 2.67. The molecule has 0 aliphatic rings. The van der Waals surface area contributed by atoms with Gasteiger partial charge in [0.2, 0.25) is 5.91 Å². The van der Waals surface area contributed by atoms with Gasteiger partial charge < -0.3 is 5.32 Å². The van der Waals surface area contributed by atoms with Crippen LogP contribution in [0.3, 0.4) is 0 Å². The zero-order valence-corrected chi connectivity index (χ0v) is 17.4. The van der Waals surface area contributed by atoms with Crippen molar-refractivity contribution in [2.24, 2.45) is 0 Å². The molecule has 0 radical (unpaired) electrons. The second kappa shape index (κ2) is 8.61. The predicted octanol–water partition coefficient (Wildman–Crippen LogP) is 4.08. The summed E-state index contributed by atoms with van der Waals surface area (Å²) in [6, 6.07) is 15.3. The van der Waals surface area contributed by atoms with E-state index < -0.39 is 0 Å². The largest absolute Gasteiger partial charge is 0.351 e. The first-order valence-electron chi connectivity index (χ1n) is 9.38. The Bertz CT molecular complexity index is 1040. The van der Waals surface area contributed by atoms with E-state index in [1.165, 1.54) is 17.3 Å². The summed E-state index contributed by atoms with van der Waals surface area (Å²) >= 11 is 1.31. The third-order valence-corrected chi connectivity index (χ3v) is 5.60. The minimum Gasteiger partial charge on any atom is -0.351 e. The maximum absolute atomic E-state index is 12.9. The van der Waals surface area contributed by atoms with E-state index in [-0.39, 0.29) is 22.8 Å². The monoisotopic (exact) mass is 395 g/mol. The van der Waals surface area contributed by atoms with E-state index in [2.05, 4.69) is 10.3 Å². The van der Waals surface area contributed by atoms with Gasteiger partial charge in [-0.1, -0.05) is 53.7 Å². The van der Waals surface area contributed by atoms with E-state index in [0.29, 0.717) is 22.6 Å². The van der Waals surface area contributed by atoms with Gasteiger partial charge >= 0.3 is 0 Å². The number of amides is 1. The number of thioether (sulfide) groups is 1. The van der Waals surface area contributed by atoms with Crippen LogP contribution in [0, 0.1) is 6.92 Å². The number of hydrogen-bond donors (Lipinski definition) is 1. The van der Waals surface area contributed by atoms with Gasteiger partial charge in [0.15, 0.2) is 5.16 Å². The van der Waals surface area contributed by atoms with Crippen molar-refractivity contribution in [3.63, 3.8) is 0 Å². The van der Waals surface area contributed by atoms with Gasteiger partial charge in [-0.05, 0) is 45.4 Å². The summed E-state index contributed by atoms with van der Waals surface area (Å²) < 4.78 is 1.66. The van der Waals surface area contributed by atoms with Crippen LogP contribution in [0.15, 0.2) is 58.5 Å². The van der Waals surface area contributed by atoms with Gasteiger partial charge in [-0.2, -0.15) is 0 Å². The molecule has 146 valence electrons. The lowest BCUT2D eigenvalue weighted by Crippen LogP contribution is -2.32. The number of aromatic nitrogens is 2. The number of benzene rings is 2. The fourth-order valence-electron chi connectivity index (χ4n) is 2.91. The highest BCUT2D eigenvalue weighted by Crippen LogP contribution is 2.25. The molecule has 1 N–H and O–H groups in total. The number of para-hydroxylation sites is 1. The van der Waals surface area contributed by atoms with Crippen LogP contribution in [0.2, 0.25) is 0 Å². The first-order chi connectivity index (χ1) is 13.4. The van der Waals surface area contributed by atoms with Gasteiger partial charge in [0.1, 0.15) is 0 Å². The molecule has 0 saturated carbocycles. The molecule has 3 aromatic rings. The van der Waals surface area contributed by atoms with Crippen molar-refractivity contribution in [1.29, 1.82) is 0 Å². The van der Waals surface area contributed by atoms with Crippen LogP contribution >= 0.6 is 11.8 Å². The van der Waals surface area contributed by atoms with E-state index in [1.807, 2.05) is 70.2 Å². The number of aryl methyl sites for hydroxylation is 1. The summed E-state index contributed by atoms with van der Waals surface area (Å²) in [5.74, 6) is -0.0803. The number of carbonyl (C=O) groups excluding carboxylic acids is 1. The minimum absolute atomic E-state index is 0.0464. The highest BCUT2D eigenvalue weighted by Gasteiger charge is 2.20. The summed E-state index contributed by atoms with van der Waals surface area (Å²) in [6.07, 6.45) is 0. The number of fused-ring (bicyclic) bond motifs is 1. The highest BCUT2D eigenvalue weighted by molar-refractivity contribution is 8.00. The fourth-order valence-corrected chi connectivity index (χ4v) is 3.98. The van der Waals surface area contributed by atoms with E-state index >= 15 is 0 Å². The first-order valence-corrected chi connectivity index (χ1v) is 10.3. The lowest BCUT2D eigenvalue weighted by molar-refractivity contribution is -0.120. The Hall–Kier alpha value is -2.60.